The molecule has 0 atom stereocenters. The quantitative estimate of drug-likeness (QED) is 0.853. The third-order valence-electron chi connectivity index (χ3n) is 3.00. The van der Waals surface area contributed by atoms with E-state index in [1.807, 2.05) is 31.2 Å². The SMILES string of the molecule is CCCS(=O)(=O)NCCN1CCOc2ccccc21. The van der Waals surface area contributed by atoms with Gasteiger partial charge in [0.1, 0.15) is 12.4 Å². The highest BCUT2D eigenvalue weighted by Gasteiger charge is 2.17. The number of rotatable bonds is 6. The number of nitrogens with one attached hydrogen (secondary N) is 1. The third kappa shape index (κ3) is 3.84. The molecule has 1 N–H and O–H groups in total. The molecular formula is C13H20N2O3S. The predicted octanol–water partition coefficient (Wildman–Crippen LogP) is 1.21. The third-order valence-corrected chi connectivity index (χ3v) is 4.59. The molecule has 1 aliphatic rings. The van der Waals surface area contributed by atoms with Gasteiger partial charge >= 0.3 is 0 Å². The molecule has 1 aromatic rings. The molecule has 0 aromatic heterocycles. The molecule has 0 saturated carbocycles. The van der Waals surface area contributed by atoms with Gasteiger partial charge in [-0.3, -0.25) is 0 Å². The highest BCUT2D eigenvalue weighted by atomic mass is 32.2. The van der Waals surface area contributed by atoms with Gasteiger partial charge in [0, 0.05) is 13.1 Å². The number of para-hydroxylation sites is 2. The second kappa shape index (κ2) is 6.25. The summed E-state index contributed by atoms with van der Waals surface area (Å²) in [6.45, 7) is 4.36. The van der Waals surface area contributed by atoms with Gasteiger partial charge in [-0.1, -0.05) is 19.1 Å². The van der Waals surface area contributed by atoms with Gasteiger partial charge in [-0.15, -0.1) is 0 Å². The minimum Gasteiger partial charge on any atom is -0.490 e. The van der Waals surface area contributed by atoms with Crippen LogP contribution in [0, 0.1) is 0 Å². The molecule has 0 radical (unpaired) electrons. The van der Waals surface area contributed by atoms with Gasteiger partial charge in [-0.05, 0) is 18.6 Å². The minimum absolute atomic E-state index is 0.187. The van der Waals surface area contributed by atoms with Crippen LogP contribution in [-0.2, 0) is 10.0 Å². The van der Waals surface area contributed by atoms with Crippen LogP contribution in [0.2, 0.25) is 0 Å². The molecule has 1 aliphatic heterocycles. The van der Waals surface area contributed by atoms with E-state index in [1.54, 1.807) is 0 Å². The van der Waals surface area contributed by atoms with Crippen LogP contribution in [0.3, 0.4) is 0 Å². The van der Waals surface area contributed by atoms with Crippen LogP contribution in [0.25, 0.3) is 0 Å². The van der Waals surface area contributed by atoms with E-state index >= 15 is 0 Å². The van der Waals surface area contributed by atoms with Gasteiger partial charge in [-0.25, -0.2) is 13.1 Å². The van der Waals surface area contributed by atoms with E-state index in [4.69, 9.17) is 4.74 Å². The summed E-state index contributed by atoms with van der Waals surface area (Å²) >= 11 is 0. The lowest BCUT2D eigenvalue weighted by Gasteiger charge is -2.31. The Balaban J connectivity index is 1.91. The summed E-state index contributed by atoms with van der Waals surface area (Å²) in [7, 11) is -3.12. The Morgan fingerprint density at radius 3 is 2.95 bits per heavy atom. The van der Waals surface area contributed by atoms with Gasteiger partial charge in [0.25, 0.3) is 0 Å². The highest BCUT2D eigenvalue weighted by Crippen LogP contribution is 2.30. The van der Waals surface area contributed by atoms with Gasteiger partial charge in [0.15, 0.2) is 0 Å². The van der Waals surface area contributed by atoms with Crippen LogP contribution in [0.1, 0.15) is 13.3 Å². The monoisotopic (exact) mass is 284 g/mol. The molecule has 1 aromatic carbocycles. The molecule has 106 valence electrons. The second-order valence-corrected chi connectivity index (χ2v) is 6.44. The van der Waals surface area contributed by atoms with Crippen molar-refractivity contribution in [3.8, 4) is 5.75 Å². The average Bonchev–Trinajstić information content (AvgIpc) is 2.39. The fraction of sp³-hybridized carbons (Fsp3) is 0.538. The van der Waals surface area contributed by atoms with Crippen LogP contribution in [0.4, 0.5) is 5.69 Å². The van der Waals surface area contributed by atoms with Crippen LogP contribution in [0.5, 0.6) is 5.75 Å². The fourth-order valence-electron chi connectivity index (χ4n) is 2.14. The minimum atomic E-state index is -3.12. The lowest BCUT2D eigenvalue weighted by Crippen LogP contribution is -2.39. The molecule has 0 amide bonds. The molecule has 0 unspecified atom stereocenters. The average molecular weight is 284 g/mol. The summed E-state index contributed by atoms with van der Waals surface area (Å²) in [6, 6.07) is 7.83. The first-order valence-corrected chi connectivity index (χ1v) is 8.22. The highest BCUT2D eigenvalue weighted by molar-refractivity contribution is 7.89. The Kier molecular flexibility index (Phi) is 4.66. The summed E-state index contributed by atoms with van der Waals surface area (Å²) in [5.74, 6) is 1.05. The maximum atomic E-state index is 11.6. The molecule has 0 fully saturated rings. The van der Waals surface area contributed by atoms with E-state index in [1.165, 1.54) is 0 Å². The molecule has 0 spiro atoms. The Hall–Kier alpha value is -1.27. The zero-order valence-electron chi connectivity index (χ0n) is 11.1. The first-order chi connectivity index (χ1) is 9.12. The number of hydrogen-bond acceptors (Lipinski definition) is 4. The van der Waals surface area contributed by atoms with Crippen LogP contribution in [0.15, 0.2) is 24.3 Å². The van der Waals surface area contributed by atoms with Gasteiger partial charge in [-0.2, -0.15) is 0 Å². The summed E-state index contributed by atoms with van der Waals surface area (Å²) in [5, 5.41) is 0. The van der Waals surface area contributed by atoms with Crippen LogP contribution in [-0.4, -0.2) is 40.4 Å². The number of ether oxygens (including phenoxy) is 1. The molecule has 5 nitrogen and oxygen atoms in total. The van der Waals surface area contributed by atoms with Crippen LogP contribution < -0.4 is 14.4 Å². The normalized spacial score (nSPS) is 14.9. The topological polar surface area (TPSA) is 58.6 Å². The number of sulfonamides is 1. The Morgan fingerprint density at radius 2 is 2.16 bits per heavy atom. The standard InChI is InChI=1S/C13H20N2O3S/c1-2-11-19(16,17)14-7-8-15-9-10-18-13-6-4-3-5-12(13)15/h3-6,14H,2,7-11H2,1H3. The van der Waals surface area contributed by atoms with Crippen molar-refractivity contribution in [2.24, 2.45) is 0 Å². The van der Waals surface area contributed by atoms with Crippen molar-refractivity contribution in [2.45, 2.75) is 13.3 Å². The van der Waals surface area contributed by atoms with E-state index in [0.717, 1.165) is 18.0 Å². The van der Waals surface area contributed by atoms with Gasteiger partial charge < -0.3 is 9.64 Å². The number of hydrogen-bond donors (Lipinski definition) is 1. The number of nitrogens with zero attached hydrogens (tertiary/aromatic N) is 1. The van der Waals surface area contributed by atoms with Crippen molar-refractivity contribution < 1.29 is 13.2 Å². The summed E-state index contributed by atoms with van der Waals surface area (Å²) < 4.78 is 31.3. The zero-order chi connectivity index (χ0) is 13.7. The first-order valence-electron chi connectivity index (χ1n) is 6.56. The zero-order valence-corrected chi connectivity index (χ0v) is 11.9. The Labute approximate surface area is 114 Å². The fourth-order valence-corrected chi connectivity index (χ4v) is 3.22. The Morgan fingerprint density at radius 1 is 1.37 bits per heavy atom. The van der Waals surface area contributed by atoms with E-state index in [9.17, 15) is 8.42 Å². The van der Waals surface area contributed by atoms with E-state index in [0.29, 0.717) is 26.1 Å². The van der Waals surface area contributed by atoms with E-state index in [-0.39, 0.29) is 5.75 Å². The van der Waals surface area contributed by atoms with Crippen molar-refractivity contribution in [1.82, 2.24) is 4.72 Å². The van der Waals surface area contributed by atoms with Crippen molar-refractivity contribution in [1.29, 1.82) is 0 Å². The summed E-state index contributed by atoms with van der Waals surface area (Å²) in [5.41, 5.74) is 1.03. The number of fused-ring (bicyclic) bond motifs is 1. The van der Waals surface area contributed by atoms with Crippen molar-refractivity contribution in [3.63, 3.8) is 0 Å². The molecular weight excluding hydrogens is 264 g/mol. The molecule has 0 bridgehead atoms. The van der Waals surface area contributed by atoms with Crippen molar-refractivity contribution in [2.75, 3.05) is 36.9 Å². The largest absolute Gasteiger partial charge is 0.490 e. The first kappa shape index (κ1) is 14.1. The smallest absolute Gasteiger partial charge is 0.211 e. The van der Waals surface area contributed by atoms with Gasteiger partial charge in [0.2, 0.25) is 10.0 Å². The molecule has 1 heterocycles. The second-order valence-electron chi connectivity index (χ2n) is 4.52. The molecule has 0 aliphatic carbocycles. The van der Waals surface area contributed by atoms with E-state index < -0.39 is 10.0 Å². The summed E-state index contributed by atoms with van der Waals surface area (Å²) in [4.78, 5) is 2.15. The summed E-state index contributed by atoms with van der Waals surface area (Å²) in [6.07, 6.45) is 0.635. The van der Waals surface area contributed by atoms with E-state index in [2.05, 4.69) is 9.62 Å². The maximum absolute atomic E-state index is 11.6. The molecule has 0 saturated heterocycles. The lowest BCUT2D eigenvalue weighted by atomic mass is 10.2. The maximum Gasteiger partial charge on any atom is 0.211 e. The predicted molar refractivity (Wildman–Crippen MR) is 76.2 cm³/mol. The lowest BCUT2D eigenvalue weighted by molar-refractivity contribution is 0.308. The number of anilines is 1. The van der Waals surface area contributed by atoms with Gasteiger partial charge in [0.05, 0.1) is 18.0 Å². The molecule has 19 heavy (non-hydrogen) atoms. The Bertz CT molecular complexity index is 516. The van der Waals surface area contributed by atoms with Crippen molar-refractivity contribution >= 4 is 15.7 Å². The number of benzene rings is 1. The van der Waals surface area contributed by atoms with Crippen molar-refractivity contribution in [3.05, 3.63) is 24.3 Å². The molecule has 2 rings (SSSR count). The van der Waals surface area contributed by atoms with Crippen LogP contribution >= 0.6 is 0 Å². The molecule has 6 heteroatoms.